The SMILES string of the molecule is CCc1c(C(=O)O)c(CC(C)CC(C)(C)C)nn1-c1ccc(C(C)(C)C)cc1. The first-order chi connectivity index (χ1) is 12.8. The number of aromatic carboxylic acids is 1. The third kappa shape index (κ3) is 5.24. The first-order valence-electron chi connectivity index (χ1n) is 10.3. The molecule has 0 aliphatic rings. The summed E-state index contributed by atoms with van der Waals surface area (Å²) in [7, 11) is 0. The summed E-state index contributed by atoms with van der Waals surface area (Å²) >= 11 is 0. The number of hydrogen-bond acceptors (Lipinski definition) is 2. The normalized spacial score (nSPS) is 13.6. The van der Waals surface area contributed by atoms with E-state index >= 15 is 0 Å². The van der Waals surface area contributed by atoms with E-state index in [0.717, 1.165) is 17.8 Å². The Hall–Kier alpha value is -2.10. The zero-order chi connectivity index (χ0) is 21.3. The number of benzene rings is 1. The molecule has 0 fully saturated rings. The van der Waals surface area contributed by atoms with Crippen LogP contribution in [0.25, 0.3) is 5.69 Å². The van der Waals surface area contributed by atoms with Crippen molar-refractivity contribution in [1.29, 1.82) is 0 Å². The van der Waals surface area contributed by atoms with Crippen molar-refractivity contribution in [2.24, 2.45) is 11.3 Å². The van der Waals surface area contributed by atoms with Gasteiger partial charge in [0, 0.05) is 0 Å². The van der Waals surface area contributed by atoms with Gasteiger partial charge in [0.25, 0.3) is 0 Å². The van der Waals surface area contributed by atoms with E-state index in [1.807, 2.05) is 23.7 Å². The van der Waals surface area contributed by atoms with Gasteiger partial charge in [-0.15, -0.1) is 0 Å². The molecule has 4 nitrogen and oxygen atoms in total. The summed E-state index contributed by atoms with van der Waals surface area (Å²) in [6.45, 7) is 17.4. The molecule has 0 saturated carbocycles. The summed E-state index contributed by atoms with van der Waals surface area (Å²) in [4.78, 5) is 12.0. The molecular weight excluding hydrogens is 348 g/mol. The van der Waals surface area contributed by atoms with Crippen molar-refractivity contribution in [1.82, 2.24) is 9.78 Å². The van der Waals surface area contributed by atoms with Gasteiger partial charge >= 0.3 is 5.97 Å². The van der Waals surface area contributed by atoms with Crippen LogP contribution in [0.4, 0.5) is 0 Å². The highest BCUT2D eigenvalue weighted by molar-refractivity contribution is 5.90. The van der Waals surface area contributed by atoms with E-state index in [1.54, 1.807) is 0 Å². The largest absolute Gasteiger partial charge is 0.478 e. The predicted molar refractivity (Wildman–Crippen MR) is 116 cm³/mol. The highest BCUT2D eigenvalue weighted by atomic mass is 16.4. The van der Waals surface area contributed by atoms with Gasteiger partial charge in [-0.1, -0.05) is 67.5 Å². The number of carbonyl (C=O) groups is 1. The minimum atomic E-state index is -0.882. The van der Waals surface area contributed by atoms with E-state index < -0.39 is 5.97 Å². The lowest BCUT2D eigenvalue weighted by Crippen LogP contribution is -2.14. The lowest BCUT2D eigenvalue weighted by Gasteiger charge is -2.22. The number of nitrogens with zero attached hydrogens (tertiary/aromatic N) is 2. The standard InChI is InChI=1S/C24H36N2O2/c1-9-20-21(22(27)28)19(14-16(2)15-23(3,4)5)25-26(20)18-12-10-17(11-13-18)24(6,7)8/h10-13,16H,9,14-15H2,1-8H3,(H,27,28). The molecule has 1 aromatic heterocycles. The molecule has 0 saturated heterocycles. The molecule has 0 radical (unpaired) electrons. The second-order valence-corrected chi connectivity index (χ2v) is 10.2. The van der Waals surface area contributed by atoms with Gasteiger partial charge in [0.15, 0.2) is 0 Å². The molecule has 0 aliphatic carbocycles. The second-order valence-electron chi connectivity index (χ2n) is 10.2. The van der Waals surface area contributed by atoms with Gasteiger partial charge in [-0.25, -0.2) is 9.48 Å². The maximum absolute atomic E-state index is 12.0. The fourth-order valence-corrected chi connectivity index (χ4v) is 3.98. The van der Waals surface area contributed by atoms with Crippen molar-refractivity contribution in [3.05, 3.63) is 46.8 Å². The van der Waals surface area contributed by atoms with Crippen LogP contribution in [-0.2, 0) is 18.3 Å². The summed E-state index contributed by atoms with van der Waals surface area (Å²) in [5.74, 6) is -0.512. The van der Waals surface area contributed by atoms with E-state index in [0.29, 0.717) is 30.0 Å². The lowest BCUT2D eigenvalue weighted by atomic mass is 9.83. The van der Waals surface area contributed by atoms with Crippen molar-refractivity contribution < 1.29 is 9.90 Å². The maximum Gasteiger partial charge on any atom is 0.339 e. The minimum absolute atomic E-state index is 0.0794. The van der Waals surface area contributed by atoms with Gasteiger partial charge in [-0.2, -0.15) is 5.10 Å². The summed E-state index contributed by atoms with van der Waals surface area (Å²) < 4.78 is 1.83. The van der Waals surface area contributed by atoms with Gasteiger partial charge in [0.2, 0.25) is 0 Å². The quantitative estimate of drug-likeness (QED) is 0.660. The van der Waals surface area contributed by atoms with Crippen LogP contribution in [0, 0.1) is 11.3 Å². The molecule has 2 rings (SSSR count). The fourth-order valence-electron chi connectivity index (χ4n) is 3.98. The molecule has 154 valence electrons. The van der Waals surface area contributed by atoms with E-state index in [2.05, 4.69) is 60.6 Å². The molecule has 0 aliphatic heterocycles. The number of carboxylic acid groups (broad SMARTS) is 1. The van der Waals surface area contributed by atoms with Crippen LogP contribution in [0.15, 0.2) is 24.3 Å². The van der Waals surface area contributed by atoms with Crippen LogP contribution in [0.2, 0.25) is 0 Å². The first kappa shape index (κ1) is 22.2. The molecule has 1 atom stereocenters. The van der Waals surface area contributed by atoms with Crippen LogP contribution in [0.3, 0.4) is 0 Å². The molecule has 0 amide bonds. The average molecular weight is 385 g/mol. The highest BCUT2D eigenvalue weighted by Crippen LogP contribution is 2.29. The number of aromatic nitrogens is 2. The molecule has 1 unspecified atom stereocenters. The van der Waals surface area contributed by atoms with Gasteiger partial charge < -0.3 is 5.11 Å². The summed E-state index contributed by atoms with van der Waals surface area (Å²) in [6, 6.07) is 8.30. The summed E-state index contributed by atoms with van der Waals surface area (Å²) in [5.41, 5.74) is 4.30. The van der Waals surface area contributed by atoms with E-state index in [1.165, 1.54) is 5.56 Å². The Balaban J connectivity index is 2.47. The third-order valence-corrected chi connectivity index (χ3v) is 5.08. The van der Waals surface area contributed by atoms with Gasteiger partial charge in [-0.3, -0.25) is 0 Å². The topological polar surface area (TPSA) is 55.1 Å². The van der Waals surface area contributed by atoms with Crippen molar-refractivity contribution in [2.75, 3.05) is 0 Å². The smallest absolute Gasteiger partial charge is 0.339 e. The van der Waals surface area contributed by atoms with Crippen LogP contribution < -0.4 is 0 Å². The molecule has 0 spiro atoms. The van der Waals surface area contributed by atoms with Crippen LogP contribution in [0.1, 0.15) is 89.1 Å². The molecule has 2 aromatic rings. The zero-order valence-electron chi connectivity index (χ0n) is 18.8. The molecule has 1 heterocycles. The molecule has 0 bridgehead atoms. The minimum Gasteiger partial charge on any atom is -0.478 e. The molecule has 1 N–H and O–H groups in total. The zero-order valence-corrected chi connectivity index (χ0v) is 18.8. The van der Waals surface area contributed by atoms with Gasteiger partial charge in [0.05, 0.1) is 17.1 Å². The van der Waals surface area contributed by atoms with E-state index in [4.69, 9.17) is 5.10 Å². The Morgan fingerprint density at radius 3 is 2.11 bits per heavy atom. The Kier molecular flexibility index (Phi) is 6.42. The first-order valence-corrected chi connectivity index (χ1v) is 10.3. The molecule has 4 heteroatoms. The Bertz CT molecular complexity index is 818. The number of hydrogen-bond donors (Lipinski definition) is 1. The van der Waals surface area contributed by atoms with Crippen molar-refractivity contribution in [3.63, 3.8) is 0 Å². The van der Waals surface area contributed by atoms with Crippen molar-refractivity contribution >= 4 is 5.97 Å². The Morgan fingerprint density at radius 2 is 1.68 bits per heavy atom. The van der Waals surface area contributed by atoms with Gasteiger partial charge in [-0.05, 0) is 53.7 Å². The van der Waals surface area contributed by atoms with Crippen LogP contribution in [-0.4, -0.2) is 20.9 Å². The Labute approximate surface area is 170 Å². The maximum atomic E-state index is 12.0. The molecule has 1 aromatic carbocycles. The fraction of sp³-hybridized carbons (Fsp3) is 0.583. The van der Waals surface area contributed by atoms with Crippen LogP contribution in [0.5, 0.6) is 0 Å². The molecule has 28 heavy (non-hydrogen) atoms. The monoisotopic (exact) mass is 384 g/mol. The highest BCUT2D eigenvalue weighted by Gasteiger charge is 2.26. The Morgan fingerprint density at radius 1 is 1.11 bits per heavy atom. The third-order valence-electron chi connectivity index (χ3n) is 5.08. The summed E-state index contributed by atoms with van der Waals surface area (Å²) in [6.07, 6.45) is 2.34. The number of carboxylic acids is 1. The van der Waals surface area contributed by atoms with E-state index in [9.17, 15) is 9.90 Å². The second kappa shape index (κ2) is 8.10. The summed E-state index contributed by atoms with van der Waals surface area (Å²) in [5, 5.41) is 14.7. The van der Waals surface area contributed by atoms with Crippen molar-refractivity contribution in [3.8, 4) is 5.69 Å². The molecular formula is C24H36N2O2. The lowest BCUT2D eigenvalue weighted by molar-refractivity contribution is 0.0694. The predicted octanol–water partition coefficient (Wildman–Crippen LogP) is 6.05. The average Bonchev–Trinajstić information content (AvgIpc) is 2.90. The number of rotatable bonds is 6. The van der Waals surface area contributed by atoms with Gasteiger partial charge in [0.1, 0.15) is 5.56 Å². The van der Waals surface area contributed by atoms with E-state index in [-0.39, 0.29) is 10.8 Å². The van der Waals surface area contributed by atoms with Crippen molar-refractivity contribution in [2.45, 2.75) is 80.1 Å². The van der Waals surface area contributed by atoms with Crippen LogP contribution >= 0.6 is 0 Å².